The Morgan fingerprint density at radius 1 is 0.941 bits per heavy atom. The summed E-state index contributed by atoms with van der Waals surface area (Å²) in [5.41, 5.74) is -2.41. The number of nitrogens with zero attached hydrogens (tertiary/aromatic N) is 3. The SMILES string of the molecule is CCc1ncncn1.O=c1[nH]c(=O)[nH]c(=O)[nH]1. The maximum atomic E-state index is 10.2. The lowest BCUT2D eigenvalue weighted by molar-refractivity contribution is 0.888. The molecule has 0 atom stereocenters. The van der Waals surface area contributed by atoms with Crippen molar-refractivity contribution in [2.24, 2.45) is 0 Å². The number of nitrogens with one attached hydrogen (secondary N) is 3. The van der Waals surface area contributed by atoms with Crippen LogP contribution in [-0.2, 0) is 6.42 Å². The van der Waals surface area contributed by atoms with Gasteiger partial charge in [0.2, 0.25) is 0 Å². The van der Waals surface area contributed by atoms with Crippen molar-refractivity contribution in [1.82, 2.24) is 29.9 Å². The minimum absolute atomic E-state index is 0.802. The molecule has 2 heterocycles. The Balaban J connectivity index is 0.000000171. The highest BCUT2D eigenvalue weighted by molar-refractivity contribution is 4.78. The van der Waals surface area contributed by atoms with Gasteiger partial charge in [-0.3, -0.25) is 15.0 Å². The van der Waals surface area contributed by atoms with Crippen molar-refractivity contribution in [2.75, 3.05) is 0 Å². The highest BCUT2D eigenvalue weighted by Gasteiger charge is 1.85. The Morgan fingerprint density at radius 3 is 1.65 bits per heavy atom. The van der Waals surface area contributed by atoms with Gasteiger partial charge in [0.25, 0.3) is 0 Å². The fourth-order valence-corrected chi connectivity index (χ4v) is 0.849. The molecular weight excluding hydrogens is 228 g/mol. The molecule has 0 aliphatic rings. The van der Waals surface area contributed by atoms with E-state index in [-0.39, 0.29) is 0 Å². The molecule has 0 saturated carbocycles. The van der Waals surface area contributed by atoms with Crippen LogP contribution in [0.25, 0.3) is 0 Å². The molecule has 9 heteroatoms. The number of hydrogen-bond acceptors (Lipinski definition) is 6. The van der Waals surface area contributed by atoms with Gasteiger partial charge in [-0.1, -0.05) is 6.92 Å². The van der Waals surface area contributed by atoms with Crippen molar-refractivity contribution >= 4 is 0 Å². The normalized spacial score (nSPS) is 9.24. The lowest BCUT2D eigenvalue weighted by Crippen LogP contribution is -2.34. The molecule has 0 saturated heterocycles. The van der Waals surface area contributed by atoms with Gasteiger partial charge in [-0.2, -0.15) is 0 Å². The first-order chi connectivity index (χ1) is 8.11. The quantitative estimate of drug-likeness (QED) is 0.535. The zero-order chi connectivity index (χ0) is 12.7. The summed E-state index contributed by atoms with van der Waals surface area (Å²) in [7, 11) is 0. The first kappa shape index (κ1) is 12.5. The van der Waals surface area contributed by atoms with E-state index in [1.807, 2.05) is 6.92 Å². The lowest BCUT2D eigenvalue weighted by atomic mass is 10.5. The van der Waals surface area contributed by atoms with E-state index in [1.165, 1.54) is 12.7 Å². The summed E-state index contributed by atoms with van der Waals surface area (Å²) in [5.74, 6) is 0.847. The highest BCUT2D eigenvalue weighted by atomic mass is 16.2. The molecule has 0 spiro atoms. The average Bonchev–Trinajstić information content (AvgIpc) is 2.29. The number of aryl methyl sites for hydroxylation is 1. The molecule has 90 valence electrons. The Morgan fingerprint density at radius 2 is 1.35 bits per heavy atom. The largest absolute Gasteiger partial charge is 0.330 e. The van der Waals surface area contributed by atoms with E-state index in [0.717, 1.165) is 12.2 Å². The third-order valence-corrected chi connectivity index (χ3v) is 1.54. The van der Waals surface area contributed by atoms with Crippen molar-refractivity contribution in [3.8, 4) is 0 Å². The first-order valence-corrected chi connectivity index (χ1v) is 4.65. The van der Waals surface area contributed by atoms with E-state index in [9.17, 15) is 14.4 Å². The van der Waals surface area contributed by atoms with Gasteiger partial charge in [0.05, 0.1) is 0 Å². The van der Waals surface area contributed by atoms with Crippen LogP contribution < -0.4 is 17.1 Å². The monoisotopic (exact) mass is 238 g/mol. The number of rotatable bonds is 1. The molecule has 0 aliphatic carbocycles. The maximum absolute atomic E-state index is 10.2. The van der Waals surface area contributed by atoms with Crippen LogP contribution in [0, 0.1) is 0 Å². The molecule has 0 aliphatic heterocycles. The molecule has 0 fully saturated rings. The van der Waals surface area contributed by atoms with Crippen molar-refractivity contribution in [3.05, 3.63) is 49.9 Å². The van der Waals surface area contributed by atoms with E-state index in [1.54, 1.807) is 15.0 Å². The summed E-state index contributed by atoms with van der Waals surface area (Å²) in [6, 6.07) is 0. The second kappa shape index (κ2) is 6.10. The molecular formula is C8H10N6O3. The van der Waals surface area contributed by atoms with Crippen LogP contribution in [0.2, 0.25) is 0 Å². The maximum Gasteiger partial charge on any atom is 0.330 e. The number of aromatic nitrogens is 6. The van der Waals surface area contributed by atoms with Gasteiger partial charge < -0.3 is 0 Å². The summed E-state index contributed by atoms with van der Waals surface area (Å²) in [4.78, 5) is 47.3. The van der Waals surface area contributed by atoms with Gasteiger partial charge in [0, 0.05) is 6.42 Å². The fraction of sp³-hybridized carbons (Fsp3) is 0.250. The summed E-state index contributed by atoms with van der Waals surface area (Å²) in [6.45, 7) is 2.01. The van der Waals surface area contributed by atoms with Gasteiger partial charge in [-0.25, -0.2) is 29.3 Å². The van der Waals surface area contributed by atoms with Gasteiger partial charge in [-0.15, -0.1) is 0 Å². The summed E-state index contributed by atoms with van der Waals surface area (Å²) < 4.78 is 0. The standard InChI is InChI=1S/C5H7N3.C3H3N3O3/c1-2-5-7-3-6-4-8-5;7-1-4-2(8)6-3(9)5-1/h3-4H,2H2,1H3;(H3,4,5,6,7,8,9). The van der Waals surface area contributed by atoms with Crippen LogP contribution >= 0.6 is 0 Å². The molecule has 0 bridgehead atoms. The van der Waals surface area contributed by atoms with Crippen molar-refractivity contribution < 1.29 is 0 Å². The van der Waals surface area contributed by atoms with E-state index < -0.39 is 17.1 Å². The first-order valence-electron chi connectivity index (χ1n) is 4.65. The van der Waals surface area contributed by atoms with Gasteiger partial charge in [0.15, 0.2) is 0 Å². The number of H-pyrrole nitrogens is 3. The minimum Gasteiger partial charge on any atom is -0.259 e. The van der Waals surface area contributed by atoms with Crippen molar-refractivity contribution in [2.45, 2.75) is 13.3 Å². The molecule has 2 aromatic heterocycles. The van der Waals surface area contributed by atoms with Crippen molar-refractivity contribution in [3.63, 3.8) is 0 Å². The van der Waals surface area contributed by atoms with Crippen LogP contribution in [0.5, 0.6) is 0 Å². The minimum atomic E-state index is -0.802. The molecule has 2 aromatic rings. The Bertz CT molecular complexity index is 535. The smallest absolute Gasteiger partial charge is 0.259 e. The third-order valence-electron chi connectivity index (χ3n) is 1.54. The van der Waals surface area contributed by atoms with E-state index in [2.05, 4.69) is 15.0 Å². The Labute approximate surface area is 94.0 Å². The Hall–Kier alpha value is -2.58. The van der Waals surface area contributed by atoms with Crippen LogP contribution in [0.1, 0.15) is 12.7 Å². The van der Waals surface area contributed by atoms with Crippen LogP contribution in [0.15, 0.2) is 27.0 Å². The molecule has 0 radical (unpaired) electrons. The molecule has 0 unspecified atom stereocenters. The zero-order valence-corrected chi connectivity index (χ0v) is 8.93. The summed E-state index contributed by atoms with van der Waals surface area (Å²) >= 11 is 0. The topological polar surface area (TPSA) is 137 Å². The molecule has 3 N–H and O–H groups in total. The molecule has 0 amide bonds. The summed E-state index contributed by atoms with van der Waals surface area (Å²) in [5, 5.41) is 0. The zero-order valence-electron chi connectivity index (χ0n) is 8.93. The molecule has 2 rings (SSSR count). The predicted molar refractivity (Wildman–Crippen MR) is 57.5 cm³/mol. The molecule has 9 nitrogen and oxygen atoms in total. The number of hydrogen-bond donors (Lipinski definition) is 3. The number of aromatic amines is 3. The molecule has 17 heavy (non-hydrogen) atoms. The van der Waals surface area contributed by atoms with E-state index >= 15 is 0 Å². The van der Waals surface area contributed by atoms with Gasteiger partial charge in [0.1, 0.15) is 18.5 Å². The summed E-state index contributed by atoms with van der Waals surface area (Å²) in [6.07, 6.45) is 3.89. The van der Waals surface area contributed by atoms with Crippen LogP contribution in [-0.4, -0.2) is 29.9 Å². The fourth-order valence-electron chi connectivity index (χ4n) is 0.849. The van der Waals surface area contributed by atoms with Crippen molar-refractivity contribution in [1.29, 1.82) is 0 Å². The second-order valence-corrected chi connectivity index (χ2v) is 2.77. The van der Waals surface area contributed by atoms with E-state index in [0.29, 0.717) is 0 Å². The second-order valence-electron chi connectivity index (χ2n) is 2.77. The third kappa shape index (κ3) is 4.64. The predicted octanol–water partition coefficient (Wildman–Crippen LogP) is -1.81. The molecule has 0 aromatic carbocycles. The lowest BCUT2D eigenvalue weighted by Gasteiger charge is -1.87. The van der Waals surface area contributed by atoms with Gasteiger partial charge >= 0.3 is 17.1 Å². The van der Waals surface area contributed by atoms with Gasteiger partial charge in [-0.05, 0) is 0 Å². The van der Waals surface area contributed by atoms with E-state index in [4.69, 9.17) is 0 Å². The van der Waals surface area contributed by atoms with Crippen LogP contribution in [0.4, 0.5) is 0 Å². The highest BCUT2D eigenvalue weighted by Crippen LogP contribution is 1.82. The van der Waals surface area contributed by atoms with Crippen LogP contribution in [0.3, 0.4) is 0 Å². The average molecular weight is 238 g/mol. The Kier molecular flexibility index (Phi) is 4.48.